The Labute approximate surface area is 119 Å². The number of nitrogens with zero attached hydrogens (tertiary/aromatic N) is 2. The number of oxazole rings is 1. The zero-order chi connectivity index (χ0) is 13.9. The van der Waals surface area contributed by atoms with Crippen molar-refractivity contribution in [2.75, 3.05) is 26.2 Å². The summed E-state index contributed by atoms with van der Waals surface area (Å²) in [5.41, 5.74) is 9.00. The molecule has 1 saturated heterocycles. The zero-order valence-corrected chi connectivity index (χ0v) is 11.9. The van der Waals surface area contributed by atoms with Crippen molar-refractivity contribution < 1.29 is 4.42 Å². The summed E-state index contributed by atoms with van der Waals surface area (Å²) in [6, 6.07) is 6.13. The van der Waals surface area contributed by atoms with Crippen LogP contribution in [0.1, 0.15) is 30.8 Å². The van der Waals surface area contributed by atoms with Crippen LogP contribution in [-0.2, 0) is 6.54 Å². The van der Waals surface area contributed by atoms with E-state index in [0.717, 1.165) is 50.2 Å². The maximum absolute atomic E-state index is 5.97. The Morgan fingerprint density at radius 1 is 1.40 bits per heavy atom. The molecule has 1 aromatic heterocycles. The molecule has 3 N–H and O–H groups in total. The Hall–Kier alpha value is -1.43. The molecule has 1 aromatic carbocycles. The number of fused-ring (bicyclic) bond motifs is 1. The Balaban J connectivity index is 1.79. The van der Waals surface area contributed by atoms with Crippen LogP contribution in [0, 0.1) is 0 Å². The number of hydrogen-bond acceptors (Lipinski definition) is 5. The normalized spacial score (nSPS) is 18.5. The monoisotopic (exact) mass is 274 g/mol. The molecule has 1 aliphatic heterocycles. The third-order valence-electron chi connectivity index (χ3n) is 3.84. The quantitative estimate of drug-likeness (QED) is 0.887. The highest BCUT2D eigenvalue weighted by atomic mass is 16.3. The van der Waals surface area contributed by atoms with Gasteiger partial charge in [0.1, 0.15) is 5.52 Å². The lowest BCUT2D eigenvalue weighted by molar-refractivity contribution is 0.233. The first-order chi connectivity index (χ1) is 9.76. The number of nitrogens with one attached hydrogen (secondary N) is 1. The summed E-state index contributed by atoms with van der Waals surface area (Å²) in [6.07, 6.45) is 0.834. The summed E-state index contributed by atoms with van der Waals surface area (Å²) < 4.78 is 5.71. The molecule has 1 atom stereocenters. The van der Waals surface area contributed by atoms with Crippen LogP contribution in [0.2, 0.25) is 0 Å². The van der Waals surface area contributed by atoms with E-state index in [4.69, 9.17) is 10.2 Å². The molecule has 5 nitrogen and oxygen atoms in total. The summed E-state index contributed by atoms with van der Waals surface area (Å²) in [4.78, 5) is 6.97. The van der Waals surface area contributed by atoms with Crippen molar-refractivity contribution >= 4 is 11.1 Å². The second-order valence-corrected chi connectivity index (χ2v) is 5.40. The second kappa shape index (κ2) is 5.91. The van der Waals surface area contributed by atoms with Crippen molar-refractivity contribution in [3.05, 3.63) is 29.7 Å². The molecular formula is C15H22N4O. The van der Waals surface area contributed by atoms with Crippen molar-refractivity contribution in [3.63, 3.8) is 0 Å². The smallest absolute Gasteiger partial charge is 0.212 e. The largest absolute Gasteiger partial charge is 0.439 e. The molecule has 0 amide bonds. The highest BCUT2D eigenvalue weighted by molar-refractivity contribution is 5.73. The van der Waals surface area contributed by atoms with Crippen molar-refractivity contribution in [3.8, 4) is 0 Å². The van der Waals surface area contributed by atoms with E-state index in [9.17, 15) is 0 Å². The van der Waals surface area contributed by atoms with Crippen LogP contribution in [0.4, 0.5) is 0 Å². The summed E-state index contributed by atoms with van der Waals surface area (Å²) in [6.45, 7) is 7.35. The molecule has 1 fully saturated rings. The van der Waals surface area contributed by atoms with E-state index in [1.807, 2.05) is 13.0 Å². The van der Waals surface area contributed by atoms with Crippen molar-refractivity contribution in [2.45, 2.75) is 25.9 Å². The van der Waals surface area contributed by atoms with E-state index in [0.29, 0.717) is 5.89 Å². The van der Waals surface area contributed by atoms with Gasteiger partial charge in [-0.25, -0.2) is 4.98 Å². The van der Waals surface area contributed by atoms with Crippen molar-refractivity contribution in [1.82, 2.24) is 15.2 Å². The molecule has 0 aliphatic carbocycles. The molecule has 5 heteroatoms. The number of benzene rings is 1. The van der Waals surface area contributed by atoms with Crippen LogP contribution in [0.3, 0.4) is 0 Å². The molecule has 1 unspecified atom stereocenters. The lowest BCUT2D eigenvalue weighted by Gasteiger charge is -2.27. The number of aromatic nitrogens is 1. The molecule has 20 heavy (non-hydrogen) atoms. The predicted octanol–water partition coefficient (Wildman–Crippen LogP) is 1.64. The first kappa shape index (κ1) is 13.5. The molecule has 2 aromatic rings. The minimum absolute atomic E-state index is 0.112. The van der Waals surface area contributed by atoms with Crippen LogP contribution in [-0.4, -0.2) is 36.1 Å². The molecule has 0 radical (unpaired) electrons. The summed E-state index contributed by atoms with van der Waals surface area (Å²) in [7, 11) is 0. The third-order valence-corrected chi connectivity index (χ3v) is 3.84. The van der Waals surface area contributed by atoms with Crippen LogP contribution in [0.15, 0.2) is 22.6 Å². The fourth-order valence-corrected chi connectivity index (χ4v) is 2.55. The zero-order valence-electron chi connectivity index (χ0n) is 11.9. The molecule has 0 bridgehead atoms. The van der Waals surface area contributed by atoms with Crippen LogP contribution < -0.4 is 11.1 Å². The molecular weight excluding hydrogens is 252 g/mol. The molecule has 108 valence electrons. The minimum atomic E-state index is -0.112. The molecule has 0 saturated carbocycles. The van der Waals surface area contributed by atoms with Gasteiger partial charge < -0.3 is 15.5 Å². The predicted molar refractivity (Wildman–Crippen MR) is 79.4 cm³/mol. The van der Waals surface area contributed by atoms with Crippen LogP contribution >= 0.6 is 0 Å². The highest BCUT2D eigenvalue weighted by Crippen LogP contribution is 2.22. The number of rotatable bonds is 4. The minimum Gasteiger partial charge on any atom is -0.439 e. The van der Waals surface area contributed by atoms with Gasteiger partial charge in [0.25, 0.3) is 0 Å². The van der Waals surface area contributed by atoms with E-state index < -0.39 is 0 Å². The molecule has 0 spiro atoms. The van der Waals surface area contributed by atoms with Gasteiger partial charge in [0.15, 0.2) is 5.58 Å². The van der Waals surface area contributed by atoms with Crippen LogP contribution in [0.25, 0.3) is 11.1 Å². The van der Waals surface area contributed by atoms with Crippen molar-refractivity contribution in [2.24, 2.45) is 5.73 Å². The summed E-state index contributed by atoms with van der Waals surface area (Å²) in [5, 5.41) is 3.37. The lowest BCUT2D eigenvalue weighted by atomic mass is 10.2. The fraction of sp³-hybridized carbons (Fsp3) is 0.533. The van der Waals surface area contributed by atoms with E-state index in [-0.39, 0.29) is 6.04 Å². The highest BCUT2D eigenvalue weighted by Gasteiger charge is 2.14. The van der Waals surface area contributed by atoms with Gasteiger partial charge >= 0.3 is 0 Å². The molecule has 1 aliphatic rings. The molecule has 3 rings (SSSR count). The van der Waals surface area contributed by atoms with E-state index >= 15 is 0 Å². The van der Waals surface area contributed by atoms with Gasteiger partial charge in [0, 0.05) is 32.7 Å². The maximum atomic E-state index is 5.97. The number of piperazine rings is 1. The van der Waals surface area contributed by atoms with Gasteiger partial charge in [-0.2, -0.15) is 0 Å². The fourth-order valence-electron chi connectivity index (χ4n) is 2.55. The van der Waals surface area contributed by atoms with Gasteiger partial charge in [-0.15, -0.1) is 0 Å². The van der Waals surface area contributed by atoms with Gasteiger partial charge in [0.2, 0.25) is 5.89 Å². The Kier molecular flexibility index (Phi) is 4.00. The average Bonchev–Trinajstić information content (AvgIpc) is 2.90. The number of nitrogens with two attached hydrogens (primary N) is 1. The maximum Gasteiger partial charge on any atom is 0.212 e. The summed E-state index contributed by atoms with van der Waals surface area (Å²) >= 11 is 0. The topological polar surface area (TPSA) is 67.3 Å². The van der Waals surface area contributed by atoms with E-state index in [1.165, 1.54) is 5.56 Å². The Bertz CT molecular complexity index is 574. The first-order valence-corrected chi connectivity index (χ1v) is 7.34. The van der Waals surface area contributed by atoms with Gasteiger partial charge in [0.05, 0.1) is 6.04 Å². The second-order valence-electron chi connectivity index (χ2n) is 5.40. The van der Waals surface area contributed by atoms with Gasteiger partial charge in [-0.05, 0) is 24.1 Å². The van der Waals surface area contributed by atoms with Gasteiger partial charge in [-0.1, -0.05) is 13.0 Å². The summed E-state index contributed by atoms with van der Waals surface area (Å²) in [5.74, 6) is 0.641. The van der Waals surface area contributed by atoms with Crippen LogP contribution in [0.5, 0.6) is 0 Å². The third kappa shape index (κ3) is 2.85. The Morgan fingerprint density at radius 3 is 2.95 bits per heavy atom. The van der Waals surface area contributed by atoms with E-state index in [1.54, 1.807) is 0 Å². The standard InChI is InChI=1S/C15H22N4O/c1-2-12(16)15-18-13-9-11(3-4-14(13)20-15)10-19-7-5-17-6-8-19/h3-4,9,12,17H,2,5-8,10,16H2,1H3. The Morgan fingerprint density at radius 2 is 2.20 bits per heavy atom. The first-order valence-electron chi connectivity index (χ1n) is 7.34. The average molecular weight is 274 g/mol. The number of hydrogen-bond donors (Lipinski definition) is 2. The molecule has 2 heterocycles. The lowest BCUT2D eigenvalue weighted by Crippen LogP contribution is -2.42. The van der Waals surface area contributed by atoms with Gasteiger partial charge in [-0.3, -0.25) is 4.90 Å². The van der Waals surface area contributed by atoms with E-state index in [2.05, 4.69) is 27.3 Å². The van der Waals surface area contributed by atoms with Crippen molar-refractivity contribution in [1.29, 1.82) is 0 Å². The SMILES string of the molecule is CCC(N)c1nc2cc(CN3CCNCC3)ccc2o1.